The number of rotatable bonds is 5. The Morgan fingerprint density at radius 3 is 2.39 bits per heavy atom. The van der Waals surface area contributed by atoms with Crippen molar-refractivity contribution in [3.63, 3.8) is 0 Å². The molecule has 0 spiro atoms. The maximum absolute atomic E-state index is 2.32. The molecule has 96 valence electrons. The zero-order valence-corrected chi connectivity index (χ0v) is 11.8. The van der Waals surface area contributed by atoms with Gasteiger partial charge >= 0.3 is 0 Å². The number of nitrogens with zero attached hydrogens (tertiary/aromatic N) is 1. The monoisotopic (exact) mass is 242 g/mol. The predicted octanol–water partition coefficient (Wildman–Crippen LogP) is 4.60. The van der Waals surface area contributed by atoms with Crippen LogP contribution in [0, 0.1) is 0 Å². The Morgan fingerprint density at radius 1 is 0.889 bits per heavy atom. The molecule has 0 heterocycles. The number of unbranched alkanes of at least 4 members (excludes halogenated alkanes) is 2. The van der Waals surface area contributed by atoms with Gasteiger partial charge < -0.3 is 0 Å². The van der Waals surface area contributed by atoms with Gasteiger partial charge in [-0.15, -0.1) is 0 Å². The molecule has 0 aliphatic carbocycles. The molecule has 0 N–H and O–H groups in total. The lowest BCUT2D eigenvalue weighted by Gasteiger charge is -2.30. The minimum Gasteiger partial charge on any atom is -0.295 e. The predicted molar refractivity (Wildman–Crippen MR) is 82.0 cm³/mol. The van der Waals surface area contributed by atoms with E-state index in [-0.39, 0.29) is 0 Å². The van der Waals surface area contributed by atoms with Crippen molar-refractivity contribution in [2.45, 2.75) is 26.2 Å². The average Bonchev–Trinajstić information content (AvgIpc) is 2.38. The number of hydrogen-bond acceptors (Lipinski definition) is 0. The first-order valence-electron chi connectivity index (χ1n) is 6.96. The van der Waals surface area contributed by atoms with Crippen molar-refractivity contribution in [1.29, 1.82) is 0 Å². The third-order valence-electron chi connectivity index (χ3n) is 3.74. The Bertz CT molecular complexity index is 509. The van der Waals surface area contributed by atoms with Gasteiger partial charge in [-0.1, -0.05) is 43.7 Å². The van der Waals surface area contributed by atoms with E-state index in [1.165, 1.54) is 42.3 Å². The second-order valence-corrected chi connectivity index (χ2v) is 5.61. The topological polar surface area (TPSA) is 0 Å². The molecule has 0 saturated heterocycles. The molecule has 1 nitrogen and oxygen atoms in total. The van der Waals surface area contributed by atoms with Crippen LogP contribution in [0.1, 0.15) is 26.2 Å². The molecule has 0 unspecified atom stereocenters. The third-order valence-corrected chi connectivity index (χ3v) is 3.74. The molecular formula is C17H24N+. The fourth-order valence-electron chi connectivity index (χ4n) is 2.61. The first-order valence-corrected chi connectivity index (χ1v) is 6.96. The van der Waals surface area contributed by atoms with Gasteiger partial charge in [0.2, 0.25) is 0 Å². The van der Waals surface area contributed by atoms with Gasteiger partial charge in [-0.3, -0.25) is 4.48 Å². The van der Waals surface area contributed by atoms with E-state index in [2.05, 4.69) is 63.5 Å². The summed E-state index contributed by atoms with van der Waals surface area (Å²) in [6, 6.07) is 15.3. The van der Waals surface area contributed by atoms with Gasteiger partial charge in [0.05, 0.1) is 20.6 Å². The lowest BCUT2D eigenvalue weighted by molar-refractivity contribution is 0.387. The van der Waals surface area contributed by atoms with Crippen molar-refractivity contribution in [2.24, 2.45) is 0 Å². The first kappa shape index (κ1) is 13.1. The summed E-state index contributed by atoms with van der Waals surface area (Å²) in [5.74, 6) is 0. The fraction of sp³-hybridized carbons (Fsp3) is 0.412. The molecule has 0 atom stereocenters. The molecular weight excluding hydrogens is 218 g/mol. The number of quaternary nitrogens is 1. The zero-order valence-electron chi connectivity index (χ0n) is 11.8. The van der Waals surface area contributed by atoms with Crippen LogP contribution in [0.4, 0.5) is 5.69 Å². The summed E-state index contributed by atoms with van der Waals surface area (Å²) in [5.41, 5.74) is 1.43. The summed E-state index contributed by atoms with van der Waals surface area (Å²) in [5, 5.41) is 2.73. The summed E-state index contributed by atoms with van der Waals surface area (Å²) < 4.78 is 0.974. The van der Waals surface area contributed by atoms with Gasteiger partial charge in [-0.25, -0.2) is 0 Å². The summed E-state index contributed by atoms with van der Waals surface area (Å²) in [6.45, 7) is 3.47. The van der Waals surface area contributed by atoms with Crippen LogP contribution < -0.4 is 4.48 Å². The van der Waals surface area contributed by atoms with Gasteiger partial charge in [0.15, 0.2) is 0 Å². The van der Waals surface area contributed by atoms with Crippen LogP contribution in [0.15, 0.2) is 42.5 Å². The largest absolute Gasteiger partial charge is 0.295 e. The number of benzene rings is 2. The third kappa shape index (κ3) is 2.73. The van der Waals surface area contributed by atoms with Gasteiger partial charge in [-0.05, 0) is 30.4 Å². The van der Waals surface area contributed by atoms with Crippen LogP contribution in [-0.4, -0.2) is 20.6 Å². The Morgan fingerprint density at radius 2 is 1.61 bits per heavy atom. The number of fused-ring (bicyclic) bond motifs is 1. The molecule has 18 heavy (non-hydrogen) atoms. The van der Waals surface area contributed by atoms with E-state index in [1.54, 1.807) is 0 Å². The molecule has 0 fully saturated rings. The summed E-state index contributed by atoms with van der Waals surface area (Å²) in [7, 11) is 4.63. The Labute approximate surface area is 111 Å². The molecule has 0 aliphatic rings. The highest BCUT2D eigenvalue weighted by atomic mass is 15.3. The highest BCUT2D eigenvalue weighted by Crippen LogP contribution is 2.29. The second kappa shape index (κ2) is 5.53. The molecule has 0 radical (unpaired) electrons. The van der Waals surface area contributed by atoms with Crippen LogP contribution in [0.5, 0.6) is 0 Å². The van der Waals surface area contributed by atoms with E-state index in [0.717, 1.165) is 4.48 Å². The number of hydrogen-bond donors (Lipinski definition) is 0. The van der Waals surface area contributed by atoms with E-state index < -0.39 is 0 Å². The van der Waals surface area contributed by atoms with E-state index in [1.807, 2.05) is 0 Å². The molecule has 2 rings (SSSR count). The van der Waals surface area contributed by atoms with E-state index in [4.69, 9.17) is 0 Å². The molecule has 0 saturated carbocycles. The molecule has 2 aromatic rings. The molecule has 0 aromatic heterocycles. The second-order valence-electron chi connectivity index (χ2n) is 5.61. The normalized spacial score (nSPS) is 11.9. The van der Waals surface area contributed by atoms with Crippen molar-refractivity contribution in [2.75, 3.05) is 20.6 Å². The van der Waals surface area contributed by atoms with Crippen molar-refractivity contribution in [1.82, 2.24) is 4.48 Å². The lowest BCUT2D eigenvalue weighted by atomic mass is 10.1. The zero-order chi connectivity index (χ0) is 13.0. The summed E-state index contributed by atoms with van der Waals surface area (Å²) in [4.78, 5) is 0. The standard InChI is InChI=1S/C17H24N/c1-4-5-8-14-18(2,3)17-13-9-11-15-10-6-7-12-16(15)17/h6-7,9-13H,4-5,8,14H2,1-3H3/q+1. The maximum atomic E-state index is 2.32. The first-order chi connectivity index (χ1) is 8.65. The highest BCUT2D eigenvalue weighted by Gasteiger charge is 2.20. The van der Waals surface area contributed by atoms with Crippen molar-refractivity contribution in [3.8, 4) is 0 Å². The quantitative estimate of drug-likeness (QED) is 0.531. The maximum Gasteiger partial charge on any atom is 0.140 e. The van der Waals surface area contributed by atoms with E-state index in [0.29, 0.717) is 0 Å². The Kier molecular flexibility index (Phi) is 4.03. The minimum atomic E-state index is 0.974. The van der Waals surface area contributed by atoms with Gasteiger partial charge in [0, 0.05) is 5.39 Å². The smallest absolute Gasteiger partial charge is 0.140 e. The average molecular weight is 242 g/mol. The van der Waals surface area contributed by atoms with Crippen molar-refractivity contribution < 1.29 is 0 Å². The SMILES string of the molecule is CCCCC[N+](C)(C)c1cccc2ccccc12. The van der Waals surface area contributed by atoms with Gasteiger partial charge in [0.1, 0.15) is 5.69 Å². The van der Waals surface area contributed by atoms with Crippen LogP contribution >= 0.6 is 0 Å². The molecule has 1 heteroatoms. The van der Waals surface area contributed by atoms with E-state index in [9.17, 15) is 0 Å². The van der Waals surface area contributed by atoms with Gasteiger partial charge in [-0.2, -0.15) is 0 Å². The van der Waals surface area contributed by atoms with E-state index >= 15 is 0 Å². The highest BCUT2D eigenvalue weighted by molar-refractivity contribution is 5.93. The fourth-order valence-corrected chi connectivity index (χ4v) is 2.61. The van der Waals surface area contributed by atoms with Crippen LogP contribution in [0.3, 0.4) is 0 Å². The van der Waals surface area contributed by atoms with Crippen LogP contribution in [-0.2, 0) is 0 Å². The Hall–Kier alpha value is -1.34. The lowest BCUT2D eigenvalue weighted by Crippen LogP contribution is -2.41. The molecule has 0 amide bonds. The van der Waals surface area contributed by atoms with Crippen LogP contribution in [0.2, 0.25) is 0 Å². The molecule has 2 aromatic carbocycles. The van der Waals surface area contributed by atoms with Crippen molar-refractivity contribution >= 4 is 16.5 Å². The van der Waals surface area contributed by atoms with Crippen LogP contribution in [0.25, 0.3) is 10.8 Å². The minimum absolute atomic E-state index is 0.974. The molecule has 0 bridgehead atoms. The summed E-state index contributed by atoms with van der Waals surface area (Å²) in [6.07, 6.45) is 3.91. The van der Waals surface area contributed by atoms with Crippen molar-refractivity contribution in [3.05, 3.63) is 42.5 Å². The molecule has 0 aliphatic heterocycles. The Balaban J connectivity index is 2.34. The van der Waals surface area contributed by atoms with Gasteiger partial charge in [0.25, 0.3) is 0 Å². The summed E-state index contributed by atoms with van der Waals surface area (Å²) >= 11 is 0.